The van der Waals surface area contributed by atoms with Crippen LogP contribution in [0.2, 0.25) is 0 Å². The molecule has 5 nitrogen and oxygen atoms in total. The molecule has 0 bridgehead atoms. The zero-order valence-corrected chi connectivity index (χ0v) is 11.9. The molecule has 1 unspecified atom stereocenters. The molecular weight excluding hydrogens is 230 g/mol. The maximum atomic E-state index is 11.7. The summed E-state index contributed by atoms with van der Waals surface area (Å²) in [6.07, 6.45) is 1.68. The van der Waals surface area contributed by atoms with E-state index < -0.39 is 5.60 Å². The van der Waals surface area contributed by atoms with Crippen molar-refractivity contribution < 1.29 is 9.53 Å². The Morgan fingerprint density at radius 2 is 2.11 bits per heavy atom. The monoisotopic (exact) mass is 255 g/mol. The maximum Gasteiger partial charge on any atom is 0.407 e. The molecule has 2 N–H and O–H groups in total. The molecule has 2 aliphatic heterocycles. The molecule has 2 fully saturated rings. The highest BCUT2D eigenvalue weighted by atomic mass is 16.6. The number of piperidine rings is 1. The number of hydrogen-bond donors (Lipinski definition) is 2. The van der Waals surface area contributed by atoms with Gasteiger partial charge in [0.15, 0.2) is 0 Å². The van der Waals surface area contributed by atoms with Crippen LogP contribution in [0.15, 0.2) is 0 Å². The molecular formula is C13H25N3O2. The summed E-state index contributed by atoms with van der Waals surface area (Å²) in [5.74, 6) is 0. The van der Waals surface area contributed by atoms with E-state index in [1.54, 1.807) is 0 Å². The van der Waals surface area contributed by atoms with Crippen molar-refractivity contribution in [3.8, 4) is 0 Å². The molecule has 0 aliphatic carbocycles. The molecule has 1 atom stereocenters. The van der Waals surface area contributed by atoms with Gasteiger partial charge in [-0.05, 0) is 47.2 Å². The maximum absolute atomic E-state index is 11.7. The number of hydrogen-bond acceptors (Lipinski definition) is 4. The molecule has 2 rings (SSSR count). The second-order valence-electron chi connectivity index (χ2n) is 6.72. The number of alkyl carbamates (subject to hydrolysis) is 1. The van der Waals surface area contributed by atoms with Gasteiger partial charge in [-0.15, -0.1) is 0 Å². The molecule has 2 heterocycles. The van der Waals surface area contributed by atoms with Crippen molar-refractivity contribution in [1.82, 2.24) is 15.5 Å². The third kappa shape index (κ3) is 3.36. The summed E-state index contributed by atoms with van der Waals surface area (Å²) in [7, 11) is 2.12. The van der Waals surface area contributed by atoms with E-state index >= 15 is 0 Å². The lowest BCUT2D eigenvalue weighted by Crippen LogP contribution is -2.72. The van der Waals surface area contributed by atoms with Crippen molar-refractivity contribution in [2.24, 2.45) is 0 Å². The lowest BCUT2D eigenvalue weighted by atomic mass is 9.80. The minimum absolute atomic E-state index is 0.215. The van der Waals surface area contributed by atoms with Gasteiger partial charge >= 0.3 is 6.09 Å². The Labute approximate surface area is 109 Å². The number of ether oxygens (including phenoxy) is 1. The predicted octanol–water partition coefficient (Wildman–Crippen LogP) is 0.947. The first-order valence-corrected chi connectivity index (χ1v) is 6.71. The summed E-state index contributed by atoms with van der Waals surface area (Å²) in [4.78, 5) is 14.0. The molecule has 0 saturated carbocycles. The van der Waals surface area contributed by atoms with Gasteiger partial charge in [-0.25, -0.2) is 4.79 Å². The second kappa shape index (κ2) is 4.70. The fourth-order valence-corrected chi connectivity index (χ4v) is 2.98. The highest BCUT2D eigenvalue weighted by Gasteiger charge is 2.44. The molecule has 2 aliphatic rings. The third-order valence-corrected chi connectivity index (χ3v) is 3.50. The summed E-state index contributed by atoms with van der Waals surface area (Å²) in [5.41, 5.74) is -0.210. The van der Waals surface area contributed by atoms with Crippen molar-refractivity contribution in [2.75, 3.05) is 26.7 Å². The Morgan fingerprint density at radius 1 is 1.44 bits per heavy atom. The largest absolute Gasteiger partial charge is 0.444 e. The van der Waals surface area contributed by atoms with E-state index in [2.05, 4.69) is 22.6 Å². The Balaban J connectivity index is 1.81. The van der Waals surface area contributed by atoms with E-state index in [0.29, 0.717) is 0 Å². The van der Waals surface area contributed by atoms with Gasteiger partial charge in [0.2, 0.25) is 0 Å². The van der Waals surface area contributed by atoms with Crippen LogP contribution in [0.1, 0.15) is 33.6 Å². The summed E-state index contributed by atoms with van der Waals surface area (Å²) < 4.78 is 5.30. The van der Waals surface area contributed by atoms with Crippen LogP contribution in [0.5, 0.6) is 0 Å². The summed E-state index contributed by atoms with van der Waals surface area (Å²) in [6.45, 7) is 8.76. The molecule has 18 heavy (non-hydrogen) atoms. The topological polar surface area (TPSA) is 53.6 Å². The van der Waals surface area contributed by atoms with E-state index in [0.717, 1.165) is 32.5 Å². The van der Waals surface area contributed by atoms with Crippen LogP contribution in [-0.2, 0) is 4.74 Å². The third-order valence-electron chi connectivity index (χ3n) is 3.50. The molecule has 2 saturated heterocycles. The first-order chi connectivity index (χ1) is 8.28. The number of likely N-dealkylation sites (N-methyl/N-ethyl adjacent to an activating group) is 1. The Bertz CT molecular complexity index is 313. The van der Waals surface area contributed by atoms with Gasteiger partial charge in [-0.3, -0.25) is 0 Å². The van der Waals surface area contributed by atoms with E-state index in [-0.39, 0.29) is 17.7 Å². The van der Waals surface area contributed by atoms with E-state index in [1.165, 1.54) is 0 Å². The van der Waals surface area contributed by atoms with Gasteiger partial charge < -0.3 is 20.3 Å². The van der Waals surface area contributed by atoms with Crippen LogP contribution in [0.25, 0.3) is 0 Å². The highest BCUT2D eigenvalue weighted by Crippen LogP contribution is 2.28. The minimum Gasteiger partial charge on any atom is -0.444 e. The van der Waals surface area contributed by atoms with E-state index in [1.807, 2.05) is 20.8 Å². The first-order valence-electron chi connectivity index (χ1n) is 6.71. The molecule has 104 valence electrons. The quantitative estimate of drug-likeness (QED) is 0.732. The minimum atomic E-state index is -0.425. The number of rotatable bonds is 1. The van der Waals surface area contributed by atoms with Crippen LogP contribution < -0.4 is 10.6 Å². The number of nitrogens with zero attached hydrogens (tertiary/aromatic N) is 1. The molecule has 0 aromatic rings. The Hall–Kier alpha value is -0.810. The average Bonchev–Trinajstić information content (AvgIpc) is 2.12. The van der Waals surface area contributed by atoms with Gasteiger partial charge in [0.1, 0.15) is 5.60 Å². The lowest BCUT2D eigenvalue weighted by Gasteiger charge is -2.53. The predicted molar refractivity (Wildman–Crippen MR) is 70.6 cm³/mol. The number of carbonyl (C=O) groups is 1. The zero-order chi connectivity index (χ0) is 13.4. The van der Waals surface area contributed by atoms with Crippen LogP contribution in [0.4, 0.5) is 4.79 Å². The lowest BCUT2D eigenvalue weighted by molar-refractivity contribution is 0.0233. The van der Waals surface area contributed by atoms with Crippen LogP contribution in [0, 0.1) is 0 Å². The van der Waals surface area contributed by atoms with Crippen molar-refractivity contribution in [3.63, 3.8) is 0 Å². The standard InChI is InChI=1S/C13H25N3O2/c1-12(2,3)18-11(17)15-10-5-6-14-13(7-10)8-16(4)9-13/h10,14H,5-9H2,1-4H3,(H,15,17). The molecule has 0 radical (unpaired) electrons. The fourth-order valence-electron chi connectivity index (χ4n) is 2.98. The normalized spacial score (nSPS) is 27.7. The Kier molecular flexibility index (Phi) is 3.56. The molecule has 0 aromatic heterocycles. The van der Waals surface area contributed by atoms with Gasteiger partial charge in [0, 0.05) is 24.7 Å². The van der Waals surface area contributed by atoms with E-state index in [9.17, 15) is 4.79 Å². The van der Waals surface area contributed by atoms with Gasteiger partial charge in [0.25, 0.3) is 0 Å². The summed E-state index contributed by atoms with van der Waals surface area (Å²) >= 11 is 0. The molecule has 5 heteroatoms. The zero-order valence-electron chi connectivity index (χ0n) is 11.9. The smallest absolute Gasteiger partial charge is 0.407 e. The SMILES string of the molecule is CN1CC2(CC(NC(=O)OC(C)(C)C)CCN2)C1. The number of likely N-dealkylation sites (tertiary alicyclic amines) is 1. The number of carbonyl (C=O) groups excluding carboxylic acids is 1. The van der Waals surface area contributed by atoms with Crippen molar-refractivity contribution in [3.05, 3.63) is 0 Å². The summed E-state index contributed by atoms with van der Waals surface area (Å²) in [6, 6.07) is 0.231. The van der Waals surface area contributed by atoms with Gasteiger partial charge in [0.05, 0.1) is 0 Å². The molecule has 1 spiro atoms. The second-order valence-corrected chi connectivity index (χ2v) is 6.72. The number of amides is 1. The van der Waals surface area contributed by atoms with E-state index in [4.69, 9.17) is 4.74 Å². The van der Waals surface area contributed by atoms with Gasteiger partial charge in [-0.1, -0.05) is 0 Å². The molecule has 0 aromatic carbocycles. The molecule has 1 amide bonds. The van der Waals surface area contributed by atoms with Gasteiger partial charge in [-0.2, -0.15) is 0 Å². The highest BCUT2D eigenvalue weighted by molar-refractivity contribution is 5.68. The number of nitrogens with one attached hydrogen (secondary N) is 2. The Morgan fingerprint density at radius 3 is 2.67 bits per heavy atom. The van der Waals surface area contributed by atoms with Crippen molar-refractivity contribution in [2.45, 2.75) is 50.8 Å². The van der Waals surface area contributed by atoms with Crippen molar-refractivity contribution >= 4 is 6.09 Å². The van der Waals surface area contributed by atoms with Crippen LogP contribution >= 0.6 is 0 Å². The van der Waals surface area contributed by atoms with Crippen LogP contribution in [-0.4, -0.2) is 54.9 Å². The van der Waals surface area contributed by atoms with Crippen LogP contribution in [0.3, 0.4) is 0 Å². The average molecular weight is 255 g/mol. The van der Waals surface area contributed by atoms with Crippen molar-refractivity contribution in [1.29, 1.82) is 0 Å². The summed E-state index contributed by atoms with van der Waals surface area (Å²) in [5, 5.41) is 6.57. The first kappa shape index (κ1) is 13.6. The fraction of sp³-hybridized carbons (Fsp3) is 0.923.